The van der Waals surface area contributed by atoms with E-state index >= 15 is 0 Å². The van der Waals surface area contributed by atoms with E-state index in [1.807, 2.05) is 0 Å². The zero-order valence-electron chi connectivity index (χ0n) is 15.6. The fraction of sp³-hybridized carbons (Fsp3) is 0.500. The number of hydrogen-bond donors (Lipinski definition) is 1. The molecular weight excluding hydrogens is 356 g/mol. The first-order valence-electron chi connectivity index (χ1n) is 8.46. The summed E-state index contributed by atoms with van der Waals surface area (Å²) in [6, 6.07) is 3.03. The summed E-state index contributed by atoms with van der Waals surface area (Å²) in [7, 11) is 4.28. The highest BCUT2D eigenvalue weighted by atomic mass is 16.5. The zero-order chi connectivity index (χ0) is 20.0. The van der Waals surface area contributed by atoms with Crippen molar-refractivity contribution in [3.63, 3.8) is 0 Å². The van der Waals surface area contributed by atoms with Gasteiger partial charge in [-0.05, 0) is 25.0 Å². The largest absolute Gasteiger partial charge is 0.493 e. The summed E-state index contributed by atoms with van der Waals surface area (Å²) >= 11 is 0. The van der Waals surface area contributed by atoms with Gasteiger partial charge < -0.3 is 29.6 Å². The van der Waals surface area contributed by atoms with Gasteiger partial charge in [-0.15, -0.1) is 0 Å². The molecule has 1 aromatic rings. The number of benzene rings is 1. The molecule has 1 fully saturated rings. The van der Waals surface area contributed by atoms with Gasteiger partial charge in [0.1, 0.15) is 5.56 Å². The van der Waals surface area contributed by atoms with E-state index in [0.717, 1.165) is 0 Å². The van der Waals surface area contributed by atoms with E-state index in [4.69, 9.17) is 24.7 Å². The molecule has 2 rings (SSSR count). The summed E-state index contributed by atoms with van der Waals surface area (Å²) in [6.07, 6.45) is 1.02. The Morgan fingerprint density at radius 1 is 1.04 bits per heavy atom. The van der Waals surface area contributed by atoms with Gasteiger partial charge in [0.2, 0.25) is 11.7 Å². The number of carbonyl (C=O) groups is 3. The van der Waals surface area contributed by atoms with Crippen molar-refractivity contribution in [3.05, 3.63) is 17.7 Å². The Hall–Kier alpha value is -2.97. The first-order valence-corrected chi connectivity index (χ1v) is 8.46. The monoisotopic (exact) mass is 380 g/mol. The number of nitrogens with two attached hydrogens (primary N) is 1. The van der Waals surface area contributed by atoms with Gasteiger partial charge in [-0.3, -0.25) is 9.59 Å². The molecule has 9 heteroatoms. The number of esters is 1. The Labute approximate surface area is 157 Å². The van der Waals surface area contributed by atoms with E-state index in [9.17, 15) is 14.4 Å². The number of piperidine rings is 1. The van der Waals surface area contributed by atoms with Crippen molar-refractivity contribution in [2.75, 3.05) is 41.0 Å². The molecule has 2 amide bonds. The lowest BCUT2D eigenvalue weighted by atomic mass is 9.96. The number of ether oxygens (including phenoxy) is 4. The summed E-state index contributed by atoms with van der Waals surface area (Å²) in [5, 5.41) is 0. The van der Waals surface area contributed by atoms with Crippen molar-refractivity contribution in [2.45, 2.75) is 12.8 Å². The SMILES string of the molecule is COc1ccc(C(=O)OCC(=O)N2CCC(C(N)=O)CC2)c(OC)c1OC. The maximum Gasteiger partial charge on any atom is 0.342 e. The van der Waals surface area contributed by atoms with E-state index < -0.39 is 12.6 Å². The third kappa shape index (κ3) is 4.60. The number of primary amides is 1. The van der Waals surface area contributed by atoms with Crippen LogP contribution in [0.15, 0.2) is 12.1 Å². The summed E-state index contributed by atoms with van der Waals surface area (Å²) in [5.74, 6) is -0.786. The quantitative estimate of drug-likeness (QED) is 0.688. The van der Waals surface area contributed by atoms with Crippen molar-refractivity contribution in [1.82, 2.24) is 4.90 Å². The second-order valence-corrected chi connectivity index (χ2v) is 6.02. The lowest BCUT2D eigenvalue weighted by Crippen LogP contribution is -2.43. The summed E-state index contributed by atoms with van der Waals surface area (Å²) in [5.41, 5.74) is 5.40. The van der Waals surface area contributed by atoms with Crippen LogP contribution >= 0.6 is 0 Å². The van der Waals surface area contributed by atoms with Crippen LogP contribution in [0.25, 0.3) is 0 Å². The summed E-state index contributed by atoms with van der Waals surface area (Å²) in [4.78, 5) is 37.4. The van der Waals surface area contributed by atoms with Crippen molar-refractivity contribution in [3.8, 4) is 17.2 Å². The maximum absolute atomic E-state index is 12.4. The third-order valence-electron chi connectivity index (χ3n) is 4.50. The van der Waals surface area contributed by atoms with E-state index in [0.29, 0.717) is 31.7 Å². The van der Waals surface area contributed by atoms with E-state index in [2.05, 4.69) is 0 Å². The van der Waals surface area contributed by atoms with Gasteiger partial charge in [-0.25, -0.2) is 4.79 Å². The summed E-state index contributed by atoms with van der Waals surface area (Å²) < 4.78 is 20.8. The van der Waals surface area contributed by atoms with Crippen LogP contribution < -0.4 is 19.9 Å². The van der Waals surface area contributed by atoms with Crippen LogP contribution in [0.3, 0.4) is 0 Å². The number of rotatable bonds is 7. The molecule has 0 atom stereocenters. The standard InChI is InChI=1S/C18H24N2O7/c1-24-13-5-4-12(15(25-2)16(13)26-3)18(23)27-10-14(21)20-8-6-11(7-9-20)17(19)22/h4-5,11H,6-10H2,1-3H3,(H2,19,22). The van der Waals surface area contributed by atoms with E-state index in [-0.39, 0.29) is 34.8 Å². The van der Waals surface area contributed by atoms with Crippen LogP contribution in [-0.2, 0) is 14.3 Å². The van der Waals surface area contributed by atoms with Crippen LogP contribution in [0, 0.1) is 5.92 Å². The fourth-order valence-electron chi connectivity index (χ4n) is 2.97. The van der Waals surface area contributed by atoms with Crippen molar-refractivity contribution >= 4 is 17.8 Å². The van der Waals surface area contributed by atoms with Gasteiger partial charge >= 0.3 is 5.97 Å². The minimum absolute atomic E-state index is 0.121. The molecule has 0 spiro atoms. The number of methoxy groups -OCH3 is 3. The molecule has 9 nitrogen and oxygen atoms in total. The first-order chi connectivity index (χ1) is 12.9. The Balaban J connectivity index is 2.00. The van der Waals surface area contributed by atoms with Gasteiger partial charge in [-0.1, -0.05) is 0 Å². The molecule has 0 bridgehead atoms. The van der Waals surface area contributed by atoms with Gasteiger partial charge in [0, 0.05) is 19.0 Å². The molecule has 1 saturated heterocycles. The van der Waals surface area contributed by atoms with Crippen molar-refractivity contribution in [1.29, 1.82) is 0 Å². The highest BCUT2D eigenvalue weighted by Crippen LogP contribution is 2.39. The summed E-state index contributed by atoms with van der Waals surface area (Å²) in [6.45, 7) is 0.408. The maximum atomic E-state index is 12.4. The molecule has 1 aromatic carbocycles. The van der Waals surface area contributed by atoms with Crippen molar-refractivity contribution in [2.24, 2.45) is 11.7 Å². The number of amides is 2. The van der Waals surface area contributed by atoms with Crippen LogP contribution in [0.2, 0.25) is 0 Å². The predicted molar refractivity (Wildman–Crippen MR) is 94.9 cm³/mol. The Morgan fingerprint density at radius 2 is 1.67 bits per heavy atom. The zero-order valence-corrected chi connectivity index (χ0v) is 15.6. The molecule has 0 aromatic heterocycles. The van der Waals surface area contributed by atoms with Gasteiger partial charge in [0.05, 0.1) is 21.3 Å². The lowest BCUT2D eigenvalue weighted by molar-refractivity contribution is -0.137. The molecule has 1 aliphatic heterocycles. The topological polar surface area (TPSA) is 117 Å². The number of likely N-dealkylation sites (tertiary alicyclic amines) is 1. The van der Waals surface area contributed by atoms with E-state index in [1.54, 1.807) is 11.0 Å². The van der Waals surface area contributed by atoms with Gasteiger partial charge in [-0.2, -0.15) is 0 Å². The molecule has 2 N–H and O–H groups in total. The molecule has 0 saturated carbocycles. The second-order valence-electron chi connectivity index (χ2n) is 6.02. The van der Waals surface area contributed by atoms with Gasteiger partial charge in [0.25, 0.3) is 5.91 Å². The third-order valence-corrected chi connectivity index (χ3v) is 4.50. The predicted octanol–water partition coefficient (Wildman–Crippen LogP) is 0.593. The minimum Gasteiger partial charge on any atom is -0.493 e. The average molecular weight is 380 g/mol. The molecule has 0 unspecified atom stereocenters. The van der Waals surface area contributed by atoms with Crippen LogP contribution in [0.5, 0.6) is 17.2 Å². The lowest BCUT2D eigenvalue weighted by Gasteiger charge is -2.30. The van der Waals surface area contributed by atoms with Crippen LogP contribution in [0.4, 0.5) is 0 Å². The average Bonchev–Trinajstić information content (AvgIpc) is 2.70. The number of hydrogen-bond acceptors (Lipinski definition) is 7. The Morgan fingerprint density at radius 3 is 2.19 bits per heavy atom. The van der Waals surface area contributed by atoms with Crippen LogP contribution in [-0.4, -0.2) is 63.7 Å². The number of nitrogens with zero attached hydrogens (tertiary/aromatic N) is 1. The smallest absolute Gasteiger partial charge is 0.342 e. The molecule has 1 heterocycles. The fourth-order valence-corrected chi connectivity index (χ4v) is 2.97. The highest BCUT2D eigenvalue weighted by Gasteiger charge is 2.27. The minimum atomic E-state index is -0.715. The molecular formula is C18H24N2O7. The second kappa shape index (κ2) is 9.11. The molecule has 0 radical (unpaired) electrons. The highest BCUT2D eigenvalue weighted by molar-refractivity contribution is 5.95. The first kappa shape index (κ1) is 20.3. The molecule has 0 aliphatic carbocycles. The molecule has 27 heavy (non-hydrogen) atoms. The van der Waals surface area contributed by atoms with Gasteiger partial charge in [0.15, 0.2) is 18.1 Å². The number of carbonyl (C=O) groups excluding carboxylic acids is 3. The molecule has 148 valence electrons. The van der Waals surface area contributed by atoms with Crippen LogP contribution in [0.1, 0.15) is 23.2 Å². The van der Waals surface area contributed by atoms with E-state index in [1.165, 1.54) is 27.4 Å². The Bertz CT molecular complexity index is 712. The normalized spacial score (nSPS) is 14.4. The molecule has 1 aliphatic rings. The van der Waals surface area contributed by atoms with Crippen molar-refractivity contribution < 1.29 is 33.3 Å². The Kier molecular flexibility index (Phi) is 6.86.